The number of nitrogens with zero attached hydrogens (tertiary/aromatic N) is 2. The van der Waals surface area contributed by atoms with Gasteiger partial charge in [0.25, 0.3) is 0 Å². The van der Waals surface area contributed by atoms with Crippen LogP contribution in [0.15, 0.2) is 36.4 Å². The Bertz CT molecular complexity index is 1100. The van der Waals surface area contributed by atoms with Crippen molar-refractivity contribution in [2.75, 3.05) is 13.2 Å². The van der Waals surface area contributed by atoms with Gasteiger partial charge in [-0.1, -0.05) is 6.07 Å². The second kappa shape index (κ2) is 9.67. The van der Waals surface area contributed by atoms with E-state index >= 15 is 8.78 Å². The largest absolute Gasteiger partial charge is 0.479 e. The lowest BCUT2D eigenvalue weighted by molar-refractivity contribution is -0.131. The molecule has 0 radical (unpaired) electrons. The van der Waals surface area contributed by atoms with Crippen LogP contribution in [0.25, 0.3) is 6.08 Å². The number of carboxylic acids is 1. The van der Waals surface area contributed by atoms with E-state index in [0.29, 0.717) is 17.7 Å². The molecule has 2 unspecified atom stereocenters. The molecule has 0 bridgehead atoms. The number of benzene rings is 2. The molecular formula is C25H25F3N2O3. The Labute approximate surface area is 190 Å². The van der Waals surface area contributed by atoms with Gasteiger partial charge in [-0.25, -0.2) is 18.0 Å². The summed E-state index contributed by atoms with van der Waals surface area (Å²) in [5, 5.41) is 17.5. The van der Waals surface area contributed by atoms with Crippen molar-refractivity contribution in [2.24, 2.45) is 0 Å². The predicted octanol–water partition coefficient (Wildman–Crippen LogP) is 5.05. The van der Waals surface area contributed by atoms with Crippen molar-refractivity contribution in [3.8, 4) is 11.8 Å². The zero-order valence-corrected chi connectivity index (χ0v) is 18.6. The Morgan fingerprint density at radius 1 is 1.30 bits per heavy atom. The van der Waals surface area contributed by atoms with Gasteiger partial charge in [-0.3, -0.25) is 4.90 Å². The van der Waals surface area contributed by atoms with Gasteiger partial charge in [0.1, 0.15) is 29.1 Å². The minimum Gasteiger partial charge on any atom is -0.479 e. The summed E-state index contributed by atoms with van der Waals surface area (Å²) in [6.45, 7) is 4.51. The number of alkyl halides is 1. The smallest absolute Gasteiger partial charge is 0.328 e. The van der Waals surface area contributed by atoms with Crippen LogP contribution < -0.4 is 4.74 Å². The van der Waals surface area contributed by atoms with Gasteiger partial charge in [-0.2, -0.15) is 5.26 Å². The van der Waals surface area contributed by atoms with E-state index in [9.17, 15) is 9.18 Å². The fourth-order valence-corrected chi connectivity index (χ4v) is 4.23. The zero-order valence-electron chi connectivity index (χ0n) is 18.6. The molecule has 33 heavy (non-hydrogen) atoms. The first kappa shape index (κ1) is 24.3. The maximum atomic E-state index is 15.3. The molecule has 1 heterocycles. The number of rotatable bonds is 7. The van der Waals surface area contributed by atoms with E-state index in [2.05, 4.69) is 0 Å². The summed E-state index contributed by atoms with van der Waals surface area (Å²) in [5.74, 6) is -2.47. The van der Waals surface area contributed by atoms with Gasteiger partial charge in [0.2, 0.25) is 0 Å². The van der Waals surface area contributed by atoms with E-state index in [4.69, 9.17) is 15.1 Å². The molecule has 0 fully saturated rings. The zero-order chi connectivity index (χ0) is 24.3. The predicted molar refractivity (Wildman–Crippen MR) is 117 cm³/mol. The standard InChI is InChI=1S/C25H25F3N2O3/c1-15-10-17-13-18(33-9-8-29)5-6-19(17)24(30(15)14-25(2,3)28)23-20(26)11-16(12-21(23)27)4-7-22(31)32/h4-7,11-13,15,24H,9-10,14H2,1-3H3,(H,31,32)/b7-4+. The molecule has 2 aromatic rings. The number of halogens is 3. The first-order valence-electron chi connectivity index (χ1n) is 10.5. The third kappa shape index (κ3) is 5.74. The second-order valence-corrected chi connectivity index (χ2v) is 8.72. The highest BCUT2D eigenvalue weighted by atomic mass is 19.1. The average Bonchev–Trinajstić information content (AvgIpc) is 2.71. The first-order valence-corrected chi connectivity index (χ1v) is 10.5. The fourth-order valence-electron chi connectivity index (χ4n) is 4.23. The normalized spacial score (nSPS) is 18.7. The number of nitriles is 1. The molecule has 3 rings (SSSR count). The maximum absolute atomic E-state index is 15.3. The summed E-state index contributed by atoms with van der Waals surface area (Å²) in [6.07, 6.45) is 2.41. The molecule has 1 N–H and O–H groups in total. The molecule has 0 aliphatic carbocycles. The summed E-state index contributed by atoms with van der Waals surface area (Å²) in [5.41, 5.74) is -0.363. The lowest BCUT2D eigenvalue weighted by atomic mass is 9.83. The second-order valence-electron chi connectivity index (χ2n) is 8.72. The molecule has 174 valence electrons. The van der Waals surface area contributed by atoms with Crippen LogP contribution >= 0.6 is 0 Å². The summed E-state index contributed by atoms with van der Waals surface area (Å²) in [7, 11) is 0. The van der Waals surface area contributed by atoms with E-state index in [0.717, 1.165) is 29.8 Å². The van der Waals surface area contributed by atoms with Crippen molar-refractivity contribution in [2.45, 2.75) is 44.9 Å². The first-order chi connectivity index (χ1) is 15.5. The third-order valence-corrected chi connectivity index (χ3v) is 5.48. The Morgan fingerprint density at radius 3 is 2.55 bits per heavy atom. The molecule has 2 atom stereocenters. The number of carbonyl (C=O) groups is 1. The van der Waals surface area contributed by atoms with Gasteiger partial charge in [0, 0.05) is 24.2 Å². The van der Waals surface area contributed by atoms with Crippen molar-refractivity contribution < 1.29 is 27.8 Å². The quantitative estimate of drug-likeness (QED) is 0.588. The van der Waals surface area contributed by atoms with Gasteiger partial charge in [-0.05, 0) is 74.2 Å². The molecule has 2 aromatic carbocycles. The van der Waals surface area contributed by atoms with Crippen LogP contribution in [0.4, 0.5) is 13.2 Å². The van der Waals surface area contributed by atoms with E-state index in [-0.39, 0.29) is 30.3 Å². The summed E-state index contributed by atoms with van der Waals surface area (Å²) < 4.78 is 50.7. The molecule has 8 heteroatoms. The highest BCUT2D eigenvalue weighted by Crippen LogP contribution is 2.42. The molecule has 0 aromatic heterocycles. The van der Waals surface area contributed by atoms with Gasteiger partial charge < -0.3 is 9.84 Å². The summed E-state index contributed by atoms with van der Waals surface area (Å²) >= 11 is 0. The number of hydrogen-bond donors (Lipinski definition) is 1. The van der Waals surface area contributed by atoms with Gasteiger partial charge in [0.05, 0.1) is 6.04 Å². The third-order valence-electron chi connectivity index (χ3n) is 5.48. The van der Waals surface area contributed by atoms with Crippen molar-refractivity contribution in [3.05, 3.63) is 70.3 Å². The lowest BCUT2D eigenvalue weighted by Crippen LogP contribution is -2.48. The summed E-state index contributed by atoms with van der Waals surface area (Å²) in [6, 6.07) is 7.95. The van der Waals surface area contributed by atoms with Crippen LogP contribution in [-0.4, -0.2) is 40.8 Å². The highest BCUT2D eigenvalue weighted by Gasteiger charge is 2.39. The monoisotopic (exact) mass is 458 g/mol. The van der Waals surface area contributed by atoms with E-state index < -0.39 is 29.3 Å². The number of fused-ring (bicyclic) bond motifs is 1. The van der Waals surface area contributed by atoms with Crippen LogP contribution in [-0.2, 0) is 11.2 Å². The molecule has 0 saturated heterocycles. The molecule has 5 nitrogen and oxygen atoms in total. The topological polar surface area (TPSA) is 73.6 Å². The van der Waals surface area contributed by atoms with E-state index in [1.165, 1.54) is 13.8 Å². The van der Waals surface area contributed by atoms with Crippen molar-refractivity contribution in [3.63, 3.8) is 0 Å². The van der Waals surface area contributed by atoms with Gasteiger partial charge in [0.15, 0.2) is 6.61 Å². The van der Waals surface area contributed by atoms with Crippen LogP contribution in [0.3, 0.4) is 0 Å². The number of ether oxygens (including phenoxy) is 1. The van der Waals surface area contributed by atoms with Crippen LogP contribution in [0, 0.1) is 23.0 Å². The number of aliphatic carboxylic acids is 1. The van der Waals surface area contributed by atoms with Crippen molar-refractivity contribution in [1.29, 1.82) is 5.26 Å². The Morgan fingerprint density at radius 2 is 1.97 bits per heavy atom. The van der Waals surface area contributed by atoms with Crippen molar-refractivity contribution >= 4 is 12.0 Å². The number of hydrogen-bond acceptors (Lipinski definition) is 4. The SMILES string of the molecule is CC1Cc2cc(OCC#N)ccc2C(c2c(F)cc(/C=C/C(=O)O)cc2F)N1CC(C)(C)F. The lowest BCUT2D eigenvalue weighted by Gasteiger charge is -2.44. The summed E-state index contributed by atoms with van der Waals surface area (Å²) in [4.78, 5) is 12.5. The van der Waals surface area contributed by atoms with Crippen LogP contribution in [0.2, 0.25) is 0 Å². The van der Waals surface area contributed by atoms with Crippen LogP contribution in [0.5, 0.6) is 5.75 Å². The Hall–Kier alpha value is -3.31. The number of carboxylic acid groups (broad SMARTS) is 1. The molecule has 0 saturated carbocycles. The van der Waals surface area contributed by atoms with Crippen LogP contribution in [0.1, 0.15) is 49.1 Å². The molecule has 1 aliphatic rings. The highest BCUT2D eigenvalue weighted by molar-refractivity contribution is 5.85. The minimum atomic E-state index is -1.61. The van der Waals surface area contributed by atoms with Gasteiger partial charge >= 0.3 is 5.97 Å². The molecular weight excluding hydrogens is 433 g/mol. The maximum Gasteiger partial charge on any atom is 0.328 e. The molecule has 0 spiro atoms. The van der Waals surface area contributed by atoms with E-state index in [1.54, 1.807) is 23.1 Å². The van der Waals surface area contributed by atoms with Crippen molar-refractivity contribution in [1.82, 2.24) is 4.90 Å². The van der Waals surface area contributed by atoms with E-state index in [1.807, 2.05) is 13.0 Å². The minimum absolute atomic E-state index is 0.0511. The Kier molecular flexibility index (Phi) is 7.13. The van der Waals surface area contributed by atoms with Gasteiger partial charge in [-0.15, -0.1) is 0 Å². The molecule has 0 amide bonds. The molecule has 1 aliphatic heterocycles. The fraction of sp³-hybridized carbons (Fsp3) is 0.360. The Balaban J connectivity index is 2.15. The average molecular weight is 458 g/mol.